The number of nitrogens with zero attached hydrogens (tertiary/aromatic N) is 2. The highest BCUT2D eigenvalue weighted by atomic mass is 19.1. The van der Waals surface area contributed by atoms with Gasteiger partial charge >= 0.3 is 0 Å². The van der Waals surface area contributed by atoms with Crippen LogP contribution in [-0.2, 0) is 0 Å². The van der Waals surface area contributed by atoms with Crippen molar-refractivity contribution < 1.29 is 18.6 Å². The number of aryl methyl sites for hydroxylation is 1. The highest BCUT2D eigenvalue weighted by Gasteiger charge is 2.23. The Bertz CT molecular complexity index is 783. The number of anilines is 1. The van der Waals surface area contributed by atoms with Gasteiger partial charge in [0, 0.05) is 6.04 Å². The number of benzene rings is 1. The summed E-state index contributed by atoms with van der Waals surface area (Å²) in [6.45, 7) is 7.57. The maximum absolute atomic E-state index is 13.9. The van der Waals surface area contributed by atoms with Crippen molar-refractivity contribution in [2.24, 2.45) is 0 Å². The van der Waals surface area contributed by atoms with Crippen molar-refractivity contribution in [3.05, 3.63) is 23.4 Å². The van der Waals surface area contributed by atoms with Crippen molar-refractivity contribution in [2.75, 3.05) is 26.6 Å². The van der Waals surface area contributed by atoms with Crippen molar-refractivity contribution in [3.8, 4) is 28.6 Å². The van der Waals surface area contributed by atoms with Gasteiger partial charge in [-0.25, -0.2) is 14.4 Å². The fraction of sp³-hybridized carbons (Fsp3) is 0.524. The van der Waals surface area contributed by atoms with Crippen LogP contribution in [0.4, 0.5) is 10.2 Å². The Kier molecular flexibility index (Phi) is 7.43. The van der Waals surface area contributed by atoms with Crippen molar-refractivity contribution in [1.82, 2.24) is 9.97 Å². The minimum Gasteiger partial charge on any atom is -0.496 e. The van der Waals surface area contributed by atoms with Crippen LogP contribution >= 0.6 is 0 Å². The summed E-state index contributed by atoms with van der Waals surface area (Å²) in [7, 11) is 4.63. The molecule has 0 bridgehead atoms. The number of hydrogen-bond donors (Lipinski definition) is 1. The summed E-state index contributed by atoms with van der Waals surface area (Å²) in [6.07, 6.45) is 0.782. The molecule has 6 nitrogen and oxygen atoms in total. The van der Waals surface area contributed by atoms with Gasteiger partial charge in [0.05, 0.1) is 32.6 Å². The van der Waals surface area contributed by atoms with Crippen molar-refractivity contribution >= 4 is 5.82 Å². The highest BCUT2D eigenvalue weighted by Crippen LogP contribution is 2.42. The lowest BCUT2D eigenvalue weighted by molar-refractivity contribution is 0.362. The van der Waals surface area contributed by atoms with Crippen LogP contribution in [0.3, 0.4) is 0 Å². The smallest absolute Gasteiger partial charge is 0.257 e. The van der Waals surface area contributed by atoms with E-state index >= 15 is 0 Å². The third-order valence-corrected chi connectivity index (χ3v) is 4.78. The summed E-state index contributed by atoms with van der Waals surface area (Å²) in [6, 6.07) is 3.60. The molecule has 154 valence electrons. The van der Waals surface area contributed by atoms with Crippen LogP contribution in [0.15, 0.2) is 12.1 Å². The first-order valence-electron chi connectivity index (χ1n) is 9.49. The number of ether oxygens (including phenoxy) is 3. The Hall–Kier alpha value is -2.57. The molecule has 7 heteroatoms. The monoisotopic (exact) mass is 391 g/mol. The topological polar surface area (TPSA) is 65.5 Å². The first kappa shape index (κ1) is 21.7. The van der Waals surface area contributed by atoms with Crippen LogP contribution in [0.1, 0.15) is 51.0 Å². The molecule has 1 aromatic heterocycles. The molecule has 1 aromatic carbocycles. The number of methoxy groups -OCH3 is 3. The number of rotatable bonds is 9. The molecule has 1 unspecified atom stereocenters. The van der Waals surface area contributed by atoms with E-state index in [0.717, 1.165) is 12.8 Å². The van der Waals surface area contributed by atoms with Crippen LogP contribution in [0.5, 0.6) is 17.4 Å². The quantitative estimate of drug-likeness (QED) is 0.641. The first-order valence-corrected chi connectivity index (χ1v) is 9.49. The van der Waals surface area contributed by atoms with E-state index < -0.39 is 6.17 Å². The molecule has 0 radical (unpaired) electrons. The molecule has 28 heavy (non-hydrogen) atoms. The lowest BCUT2D eigenvalue weighted by atomic mass is 10.0. The normalized spacial score (nSPS) is 12.0. The van der Waals surface area contributed by atoms with Gasteiger partial charge < -0.3 is 19.5 Å². The van der Waals surface area contributed by atoms with Crippen LogP contribution in [-0.4, -0.2) is 37.3 Å². The molecule has 2 aromatic rings. The number of aromatic nitrogens is 2. The zero-order valence-corrected chi connectivity index (χ0v) is 17.7. The largest absolute Gasteiger partial charge is 0.496 e. The summed E-state index contributed by atoms with van der Waals surface area (Å²) in [5, 5.41) is 3.39. The van der Waals surface area contributed by atoms with Crippen LogP contribution in [0.2, 0.25) is 0 Å². The second kappa shape index (κ2) is 9.57. The van der Waals surface area contributed by atoms with E-state index in [-0.39, 0.29) is 6.04 Å². The maximum Gasteiger partial charge on any atom is 0.257 e. The number of alkyl halides is 1. The van der Waals surface area contributed by atoms with Gasteiger partial charge in [-0.05, 0) is 44.4 Å². The molecule has 0 aliphatic rings. The minimum absolute atomic E-state index is 0.280. The van der Waals surface area contributed by atoms with Gasteiger partial charge in [-0.15, -0.1) is 0 Å². The van der Waals surface area contributed by atoms with Gasteiger partial charge in [0.2, 0.25) is 0 Å². The second-order valence-electron chi connectivity index (χ2n) is 6.59. The zero-order chi connectivity index (χ0) is 20.8. The fourth-order valence-electron chi connectivity index (χ4n) is 3.06. The van der Waals surface area contributed by atoms with Crippen molar-refractivity contribution in [2.45, 2.75) is 52.8 Å². The molecule has 0 saturated heterocycles. The molecular formula is C21H30FN3O3. The molecule has 0 amide bonds. The van der Waals surface area contributed by atoms with E-state index in [1.807, 2.05) is 6.92 Å². The molecule has 0 aliphatic carbocycles. The highest BCUT2D eigenvalue weighted by molar-refractivity contribution is 5.77. The molecule has 0 saturated carbocycles. The van der Waals surface area contributed by atoms with E-state index in [1.54, 1.807) is 19.2 Å². The van der Waals surface area contributed by atoms with Crippen LogP contribution < -0.4 is 19.5 Å². The molecule has 1 atom stereocenters. The lowest BCUT2D eigenvalue weighted by Crippen LogP contribution is -2.19. The standard InChI is InChI=1S/C21H30FN3O3/c1-8-15(9-2)24-20-21(28-7)25-19(13(4)23-20)18-16(26-5)10-14(12(3)22)11-17(18)27-6/h10-12,15H,8-9H2,1-7H3,(H,23,24). The maximum atomic E-state index is 13.9. The second-order valence-corrected chi connectivity index (χ2v) is 6.59. The fourth-order valence-corrected chi connectivity index (χ4v) is 3.06. The Morgan fingerprint density at radius 3 is 2.00 bits per heavy atom. The van der Waals surface area contributed by atoms with Crippen LogP contribution in [0, 0.1) is 6.92 Å². The van der Waals surface area contributed by atoms with Gasteiger partial charge in [0.15, 0.2) is 5.82 Å². The summed E-state index contributed by atoms with van der Waals surface area (Å²) in [5.41, 5.74) is 2.35. The Balaban J connectivity index is 2.65. The molecule has 2 rings (SSSR count). The third kappa shape index (κ3) is 4.46. The predicted molar refractivity (Wildman–Crippen MR) is 109 cm³/mol. The minimum atomic E-state index is -1.15. The molecule has 1 heterocycles. The van der Waals surface area contributed by atoms with Gasteiger partial charge in [0.25, 0.3) is 5.88 Å². The van der Waals surface area contributed by atoms with E-state index in [1.165, 1.54) is 21.1 Å². The molecular weight excluding hydrogens is 361 g/mol. The number of halogens is 1. The van der Waals surface area contributed by atoms with Gasteiger partial charge in [-0.1, -0.05) is 13.8 Å². The van der Waals surface area contributed by atoms with E-state index in [2.05, 4.69) is 29.1 Å². The third-order valence-electron chi connectivity index (χ3n) is 4.78. The SMILES string of the molecule is CCC(CC)Nc1nc(C)c(-c2c(OC)cc(C(C)F)cc2OC)nc1OC. The summed E-state index contributed by atoms with van der Waals surface area (Å²) < 4.78 is 30.4. The first-order chi connectivity index (χ1) is 13.4. The number of nitrogens with one attached hydrogen (secondary N) is 1. The van der Waals surface area contributed by atoms with Gasteiger partial charge in [-0.2, -0.15) is 0 Å². The summed E-state index contributed by atoms with van der Waals surface area (Å²) in [5.74, 6) is 1.93. The van der Waals surface area contributed by atoms with E-state index in [9.17, 15) is 4.39 Å². The average molecular weight is 391 g/mol. The van der Waals surface area contributed by atoms with Crippen LogP contribution in [0.25, 0.3) is 11.3 Å². The molecule has 0 aliphatic heterocycles. The average Bonchev–Trinajstić information content (AvgIpc) is 2.71. The summed E-state index contributed by atoms with van der Waals surface area (Å²) in [4.78, 5) is 9.35. The van der Waals surface area contributed by atoms with Crippen molar-refractivity contribution in [1.29, 1.82) is 0 Å². The van der Waals surface area contributed by atoms with Gasteiger partial charge in [-0.3, -0.25) is 0 Å². The number of hydrogen-bond acceptors (Lipinski definition) is 6. The Morgan fingerprint density at radius 2 is 1.57 bits per heavy atom. The molecule has 0 spiro atoms. The predicted octanol–water partition coefficient (Wildman–Crippen LogP) is 5.11. The summed E-state index contributed by atoms with van der Waals surface area (Å²) >= 11 is 0. The Labute approximate surface area is 166 Å². The van der Waals surface area contributed by atoms with Crippen molar-refractivity contribution in [3.63, 3.8) is 0 Å². The Morgan fingerprint density at radius 1 is 1.00 bits per heavy atom. The van der Waals surface area contributed by atoms with E-state index in [0.29, 0.717) is 45.7 Å². The zero-order valence-electron chi connectivity index (χ0n) is 17.7. The van der Waals surface area contributed by atoms with E-state index in [4.69, 9.17) is 14.2 Å². The van der Waals surface area contributed by atoms with Gasteiger partial charge in [0.1, 0.15) is 23.4 Å². The molecule has 0 fully saturated rings. The lowest BCUT2D eigenvalue weighted by Gasteiger charge is -2.20. The molecule has 1 N–H and O–H groups in total.